The molecule has 1 aliphatic rings. The number of hydrogen-bond acceptors (Lipinski definition) is 5. The summed E-state index contributed by atoms with van der Waals surface area (Å²) in [6, 6.07) is 10.5. The highest BCUT2D eigenvalue weighted by Crippen LogP contribution is 2.31. The standard InChI is InChI=1S/C21H25FN2O5S/c1-2-28-19-10-9-16(15-20(19)30(26,27)24-12-5-6-13-24)23-21(25)11-14-29-18-8-4-3-7-17(18)22/h3-4,7-10,15H,2,5-6,11-14H2,1H3,(H,23,25). The number of para-hydroxylation sites is 1. The largest absolute Gasteiger partial charge is 0.492 e. The molecule has 7 nitrogen and oxygen atoms in total. The van der Waals surface area contributed by atoms with Crippen LogP contribution >= 0.6 is 0 Å². The first-order valence-corrected chi connectivity index (χ1v) is 11.3. The van der Waals surface area contributed by atoms with Gasteiger partial charge in [0.2, 0.25) is 15.9 Å². The van der Waals surface area contributed by atoms with Crippen LogP contribution in [0.5, 0.6) is 11.5 Å². The van der Waals surface area contributed by atoms with Gasteiger partial charge in [-0.1, -0.05) is 12.1 Å². The van der Waals surface area contributed by atoms with Crippen LogP contribution in [-0.2, 0) is 14.8 Å². The molecule has 1 aliphatic heterocycles. The second kappa shape index (κ2) is 9.90. The monoisotopic (exact) mass is 436 g/mol. The van der Waals surface area contributed by atoms with Crippen molar-refractivity contribution in [2.45, 2.75) is 31.1 Å². The molecule has 3 rings (SSSR count). The average molecular weight is 437 g/mol. The first kappa shape index (κ1) is 22.0. The van der Waals surface area contributed by atoms with E-state index in [9.17, 15) is 17.6 Å². The van der Waals surface area contributed by atoms with Crippen molar-refractivity contribution in [2.24, 2.45) is 0 Å². The molecule has 0 aromatic heterocycles. The predicted molar refractivity (Wildman–Crippen MR) is 111 cm³/mol. The highest BCUT2D eigenvalue weighted by atomic mass is 32.2. The molecule has 30 heavy (non-hydrogen) atoms. The van der Waals surface area contributed by atoms with E-state index >= 15 is 0 Å². The number of ether oxygens (including phenoxy) is 2. The Hall–Kier alpha value is -2.65. The molecular formula is C21H25FN2O5S. The second-order valence-electron chi connectivity index (χ2n) is 6.78. The van der Waals surface area contributed by atoms with Crippen LogP contribution < -0.4 is 14.8 Å². The van der Waals surface area contributed by atoms with E-state index < -0.39 is 15.8 Å². The van der Waals surface area contributed by atoms with Crippen molar-refractivity contribution in [2.75, 3.05) is 31.6 Å². The molecule has 2 aromatic carbocycles. The van der Waals surface area contributed by atoms with E-state index in [1.165, 1.54) is 28.6 Å². The van der Waals surface area contributed by atoms with E-state index in [4.69, 9.17) is 9.47 Å². The second-order valence-corrected chi connectivity index (χ2v) is 8.69. The number of amides is 1. The Kier molecular flexibility index (Phi) is 7.28. The van der Waals surface area contributed by atoms with Gasteiger partial charge in [0, 0.05) is 18.8 Å². The van der Waals surface area contributed by atoms with E-state index in [0.717, 1.165) is 12.8 Å². The summed E-state index contributed by atoms with van der Waals surface area (Å²) in [6.45, 7) is 3.03. The van der Waals surface area contributed by atoms with Crippen LogP contribution in [0.3, 0.4) is 0 Å². The number of halogens is 1. The van der Waals surface area contributed by atoms with Crippen molar-refractivity contribution in [1.29, 1.82) is 0 Å². The first-order chi connectivity index (χ1) is 14.4. The molecule has 2 aromatic rings. The number of nitrogens with zero attached hydrogens (tertiary/aromatic N) is 1. The first-order valence-electron chi connectivity index (χ1n) is 9.86. The van der Waals surface area contributed by atoms with Crippen molar-refractivity contribution in [3.05, 3.63) is 48.3 Å². The topological polar surface area (TPSA) is 84.9 Å². The van der Waals surface area contributed by atoms with E-state index in [1.54, 1.807) is 25.1 Å². The number of carbonyl (C=O) groups excluding carboxylic acids is 1. The summed E-state index contributed by atoms with van der Waals surface area (Å²) in [5, 5.41) is 2.66. The third kappa shape index (κ3) is 5.28. The Morgan fingerprint density at radius 1 is 1.10 bits per heavy atom. The molecule has 0 bridgehead atoms. The maximum absolute atomic E-state index is 13.5. The summed E-state index contributed by atoms with van der Waals surface area (Å²) in [4.78, 5) is 12.3. The molecule has 9 heteroatoms. The van der Waals surface area contributed by atoms with Gasteiger partial charge in [0.05, 0.1) is 19.6 Å². The summed E-state index contributed by atoms with van der Waals surface area (Å²) in [6.07, 6.45) is 1.62. The Labute approximate surface area is 175 Å². The van der Waals surface area contributed by atoms with Gasteiger partial charge >= 0.3 is 0 Å². The zero-order valence-corrected chi connectivity index (χ0v) is 17.6. The van der Waals surface area contributed by atoms with Gasteiger partial charge in [-0.2, -0.15) is 4.31 Å². The van der Waals surface area contributed by atoms with Gasteiger partial charge < -0.3 is 14.8 Å². The fourth-order valence-corrected chi connectivity index (χ4v) is 4.84. The van der Waals surface area contributed by atoms with Crippen LogP contribution in [0.2, 0.25) is 0 Å². The molecular weight excluding hydrogens is 411 g/mol. The Bertz CT molecular complexity index is 991. The Balaban J connectivity index is 1.68. The van der Waals surface area contributed by atoms with Crippen LogP contribution in [-0.4, -0.2) is 44.9 Å². The number of nitrogens with one attached hydrogen (secondary N) is 1. The van der Waals surface area contributed by atoms with Crippen LogP contribution in [0.25, 0.3) is 0 Å². The van der Waals surface area contributed by atoms with E-state index in [1.807, 2.05) is 0 Å². The average Bonchev–Trinajstić information content (AvgIpc) is 3.26. The van der Waals surface area contributed by atoms with E-state index in [0.29, 0.717) is 25.4 Å². The maximum Gasteiger partial charge on any atom is 0.246 e. The predicted octanol–water partition coefficient (Wildman–Crippen LogP) is 3.42. The summed E-state index contributed by atoms with van der Waals surface area (Å²) in [5.41, 5.74) is 0.340. The third-order valence-corrected chi connectivity index (χ3v) is 6.55. The Morgan fingerprint density at radius 3 is 2.53 bits per heavy atom. The van der Waals surface area contributed by atoms with Crippen molar-refractivity contribution in [1.82, 2.24) is 4.31 Å². The molecule has 1 N–H and O–H groups in total. The fourth-order valence-electron chi connectivity index (χ4n) is 3.17. The zero-order chi connectivity index (χ0) is 21.6. The van der Waals surface area contributed by atoms with Crippen LogP contribution in [0.15, 0.2) is 47.4 Å². The highest BCUT2D eigenvalue weighted by molar-refractivity contribution is 7.89. The smallest absolute Gasteiger partial charge is 0.246 e. The van der Waals surface area contributed by atoms with Gasteiger partial charge in [0.15, 0.2) is 11.6 Å². The van der Waals surface area contributed by atoms with Crippen molar-refractivity contribution >= 4 is 21.6 Å². The van der Waals surface area contributed by atoms with Crippen LogP contribution in [0, 0.1) is 5.82 Å². The lowest BCUT2D eigenvalue weighted by Gasteiger charge is -2.19. The molecule has 0 aliphatic carbocycles. The fraction of sp³-hybridized carbons (Fsp3) is 0.381. The minimum absolute atomic E-state index is 0.0112. The highest BCUT2D eigenvalue weighted by Gasteiger charge is 2.30. The molecule has 162 valence electrons. The lowest BCUT2D eigenvalue weighted by Crippen LogP contribution is -2.28. The SMILES string of the molecule is CCOc1ccc(NC(=O)CCOc2ccccc2F)cc1S(=O)(=O)N1CCCC1. The van der Waals surface area contributed by atoms with E-state index in [2.05, 4.69) is 5.32 Å². The Morgan fingerprint density at radius 2 is 1.83 bits per heavy atom. The van der Waals surface area contributed by atoms with Gasteiger partial charge in [-0.3, -0.25) is 4.79 Å². The lowest BCUT2D eigenvalue weighted by molar-refractivity contribution is -0.116. The number of carbonyl (C=O) groups is 1. The number of anilines is 1. The van der Waals surface area contributed by atoms with Crippen LogP contribution in [0.4, 0.5) is 10.1 Å². The molecule has 1 heterocycles. The van der Waals surface area contributed by atoms with E-state index in [-0.39, 0.29) is 35.3 Å². The number of sulfonamides is 1. The quantitative estimate of drug-likeness (QED) is 0.651. The lowest BCUT2D eigenvalue weighted by atomic mass is 10.3. The minimum Gasteiger partial charge on any atom is -0.492 e. The molecule has 1 saturated heterocycles. The number of rotatable bonds is 9. The van der Waals surface area contributed by atoms with Gasteiger partial charge in [-0.15, -0.1) is 0 Å². The van der Waals surface area contributed by atoms with Crippen LogP contribution in [0.1, 0.15) is 26.2 Å². The summed E-state index contributed by atoms with van der Waals surface area (Å²) >= 11 is 0. The summed E-state index contributed by atoms with van der Waals surface area (Å²) in [5.74, 6) is -0.545. The zero-order valence-electron chi connectivity index (χ0n) is 16.8. The summed E-state index contributed by atoms with van der Waals surface area (Å²) in [7, 11) is -3.72. The minimum atomic E-state index is -3.72. The van der Waals surface area contributed by atoms with Gasteiger partial charge in [0.1, 0.15) is 10.6 Å². The number of benzene rings is 2. The normalized spacial score (nSPS) is 14.5. The molecule has 0 spiro atoms. The molecule has 0 saturated carbocycles. The maximum atomic E-state index is 13.5. The van der Waals surface area contributed by atoms with Gasteiger partial charge in [0.25, 0.3) is 0 Å². The van der Waals surface area contributed by atoms with Crippen molar-refractivity contribution < 1.29 is 27.1 Å². The van der Waals surface area contributed by atoms with Crippen molar-refractivity contribution in [3.8, 4) is 11.5 Å². The van der Waals surface area contributed by atoms with Crippen molar-refractivity contribution in [3.63, 3.8) is 0 Å². The molecule has 0 atom stereocenters. The molecule has 1 amide bonds. The van der Waals surface area contributed by atoms with Gasteiger partial charge in [-0.05, 0) is 50.1 Å². The summed E-state index contributed by atoms with van der Waals surface area (Å²) < 4.78 is 51.8. The molecule has 0 radical (unpaired) electrons. The molecule has 0 unspecified atom stereocenters. The third-order valence-electron chi connectivity index (χ3n) is 4.63. The van der Waals surface area contributed by atoms with Gasteiger partial charge in [-0.25, -0.2) is 12.8 Å². The molecule has 1 fully saturated rings. The number of hydrogen-bond donors (Lipinski definition) is 1.